The van der Waals surface area contributed by atoms with Gasteiger partial charge in [0.15, 0.2) is 0 Å². The molecule has 8 aromatic rings. The molecule has 3 aliphatic carbocycles. The normalized spacial score (nSPS) is 20.1. The van der Waals surface area contributed by atoms with Crippen molar-refractivity contribution >= 4 is 115 Å². The summed E-state index contributed by atoms with van der Waals surface area (Å²) < 4.78 is 16.0. The van der Waals surface area contributed by atoms with Crippen LogP contribution in [0.3, 0.4) is 0 Å². The minimum atomic E-state index is -2.36. The number of carbonyl (C=O) groups excluding carboxylic acids is 1. The minimum absolute atomic E-state index is 0. The Morgan fingerprint density at radius 1 is 0.439 bits per heavy atom. The number of halogens is 7. The number of aliphatic hydroxyl groups is 1. The van der Waals surface area contributed by atoms with Gasteiger partial charge in [-0.15, -0.1) is 105 Å². The number of allylic oxidation sites excluding steroid dienone is 3. The van der Waals surface area contributed by atoms with Crippen molar-refractivity contribution in [1.82, 2.24) is 28.9 Å². The molecule has 8 nitrogen and oxygen atoms in total. The van der Waals surface area contributed by atoms with Crippen LogP contribution in [0.1, 0.15) is 139 Å². The first-order valence-corrected chi connectivity index (χ1v) is 49.7. The molecule has 107 heavy (non-hydrogen) atoms. The summed E-state index contributed by atoms with van der Waals surface area (Å²) in [6, 6.07) is 86.9. The van der Waals surface area contributed by atoms with E-state index in [2.05, 4.69) is 246 Å². The molecule has 20 heteroatoms. The van der Waals surface area contributed by atoms with Crippen molar-refractivity contribution in [3.05, 3.63) is 338 Å². The third kappa shape index (κ3) is 31.4. The van der Waals surface area contributed by atoms with Crippen LogP contribution >= 0.6 is 78.6 Å². The van der Waals surface area contributed by atoms with Crippen molar-refractivity contribution < 1.29 is 41.0 Å². The van der Waals surface area contributed by atoms with Gasteiger partial charge in [0.1, 0.15) is 6.29 Å². The first-order chi connectivity index (χ1) is 52.1. The molecule has 13 rings (SSSR count). The molecule has 3 N–H and O–H groups in total. The molecule has 5 fully saturated rings. The largest absolute Gasteiger partial charge is 0.388 e. The van der Waals surface area contributed by atoms with Crippen molar-refractivity contribution in [2.75, 3.05) is 5.34 Å². The molecule has 0 unspecified atom stereocenters. The zero-order chi connectivity index (χ0) is 77.0. The van der Waals surface area contributed by atoms with Crippen molar-refractivity contribution in [3.63, 3.8) is 0 Å². The molecule has 0 bridgehead atoms. The average molecular weight is 1850 g/mol. The molecule has 7 atom stereocenters. The Balaban J connectivity index is 0.000000243. The minimum Gasteiger partial charge on any atom is -0.388 e. The van der Waals surface area contributed by atoms with Gasteiger partial charge < -0.3 is 15.7 Å². The van der Waals surface area contributed by atoms with Gasteiger partial charge in [0.25, 0.3) is 0 Å². The molecule has 0 aromatic heterocycles. The van der Waals surface area contributed by atoms with Crippen LogP contribution in [0, 0.1) is 31.1 Å². The number of carbonyl (C=O) groups is 1. The number of nitrogens with zero attached hydrogens (tertiary/aromatic N) is 4. The molecule has 568 valence electrons. The van der Waals surface area contributed by atoms with Crippen LogP contribution in [0.15, 0.2) is 293 Å². The van der Waals surface area contributed by atoms with Gasteiger partial charge in [-0.2, -0.15) is 0 Å². The SMILES string of the molecule is C=CC[C@H](O)c1ccccc1.C=CC[Si](Cl)(Cl)Cl.C=CC[Si]1(Cl)N(Cc2ccccc2)[C@@H]2CCCC[C@H]2N1Cc1ccccc1.C=CC[Si]1(Cl)N(Cc2ccccc2)[C@@H]2CCCC[C@H]2N1Cc1ccccc1.ClCCl.O=Cc1ccccc1.[2H][B].[U].c1ccc(CN[C@@H]2CCCC[C@H]2NCc2ccccc2)cc1. The number of nitrogens with one attached hydrogen (secondary N) is 2. The summed E-state index contributed by atoms with van der Waals surface area (Å²) in [5.41, 5.74) is 9.88. The van der Waals surface area contributed by atoms with E-state index in [-0.39, 0.29) is 36.5 Å². The molecule has 2 saturated heterocycles. The maximum atomic E-state index is 10.0. The zero-order valence-corrected chi connectivity index (χ0v) is 74.4. The van der Waals surface area contributed by atoms with Crippen LogP contribution in [-0.2, 0) is 39.3 Å². The third-order valence-corrected chi connectivity index (χ3v) is 32.6. The monoisotopic (exact) mass is 1850 g/mol. The van der Waals surface area contributed by atoms with Gasteiger partial charge in [-0.3, -0.25) is 23.1 Å². The number of aldehydes is 1. The number of rotatable bonds is 24. The van der Waals surface area contributed by atoms with Crippen molar-refractivity contribution in [2.24, 2.45) is 0 Å². The van der Waals surface area contributed by atoms with E-state index in [9.17, 15) is 9.90 Å². The van der Waals surface area contributed by atoms with Crippen LogP contribution < -0.4 is 10.6 Å². The van der Waals surface area contributed by atoms with Crippen LogP contribution in [0.4, 0.5) is 0 Å². The van der Waals surface area contributed by atoms with Crippen molar-refractivity contribution in [2.45, 2.75) is 183 Å². The fourth-order valence-electron chi connectivity index (χ4n) is 14.9. The van der Waals surface area contributed by atoms with Crippen LogP contribution in [0.2, 0.25) is 18.1 Å². The molecule has 2 heterocycles. The molecule has 0 spiro atoms. The predicted octanol–water partition coefficient (Wildman–Crippen LogP) is 22.6. The van der Waals surface area contributed by atoms with Gasteiger partial charge in [0, 0.05) is 139 Å². The molecule has 3 saturated carbocycles. The Kier molecular flexibility index (Phi) is 44.8. The number of hydrogen-bond donors (Lipinski definition) is 3. The van der Waals surface area contributed by atoms with Gasteiger partial charge >= 0.3 is 21.4 Å². The second-order valence-corrected chi connectivity index (χ2v) is 46.8. The molecular formula is C87H110BCl7N6O2Si3U. The molecule has 0 amide bonds. The van der Waals surface area contributed by atoms with E-state index in [1.165, 1.54) is 110 Å². The topological polar surface area (TPSA) is 74.3 Å². The number of fused-ring (bicyclic) bond motifs is 2. The Labute approximate surface area is 705 Å². The third-order valence-electron chi connectivity index (χ3n) is 19.8. The summed E-state index contributed by atoms with van der Waals surface area (Å²) in [4.78, 5) is 10.0. The zero-order valence-electron chi connectivity index (χ0n) is 63.0. The quantitative estimate of drug-likeness (QED) is 0.0182. The van der Waals surface area contributed by atoms with Crippen LogP contribution in [-0.4, -0.2) is 102 Å². The molecule has 8 aromatic carbocycles. The fraction of sp³-hybridized carbons (Fsp3) is 0.345. The summed E-state index contributed by atoms with van der Waals surface area (Å²) in [6.07, 6.45) is 24.1. The van der Waals surface area contributed by atoms with E-state index in [0.717, 1.165) is 68.8 Å². The van der Waals surface area contributed by atoms with E-state index in [1.807, 2.05) is 60.7 Å². The average Bonchev–Trinajstić information content (AvgIpc) is 1.59. The van der Waals surface area contributed by atoms with Crippen LogP contribution in [0.5, 0.6) is 0 Å². The Morgan fingerprint density at radius 3 is 0.935 bits per heavy atom. The molecule has 2 aliphatic heterocycles. The van der Waals surface area contributed by atoms with Gasteiger partial charge in [-0.05, 0) is 85.2 Å². The number of hydrogen-bond acceptors (Lipinski definition) is 8. The molecule has 5 aliphatic rings. The number of benzene rings is 8. The second-order valence-electron chi connectivity index (χ2n) is 27.1. The van der Waals surface area contributed by atoms with Gasteiger partial charge in [0.2, 0.25) is 0 Å². The number of aliphatic hydroxyl groups excluding tert-OH is 1. The first kappa shape index (κ1) is 91.8. The van der Waals surface area contributed by atoms with Crippen molar-refractivity contribution in [1.29, 1.82) is 1.34 Å². The smallest absolute Gasteiger partial charge is 0.344 e. The fourth-order valence-corrected chi connectivity index (χ4v) is 26.3. The van der Waals surface area contributed by atoms with Gasteiger partial charge in [-0.1, -0.05) is 305 Å². The summed E-state index contributed by atoms with van der Waals surface area (Å²) in [7, 11) is -0.886. The van der Waals surface area contributed by atoms with Crippen LogP contribution in [0.25, 0.3) is 0 Å². The van der Waals surface area contributed by atoms with E-state index in [0.29, 0.717) is 48.7 Å². The van der Waals surface area contributed by atoms with E-state index < -0.39 is 27.5 Å². The molecular weight excluding hydrogens is 1740 g/mol. The predicted molar refractivity (Wildman–Crippen MR) is 466 cm³/mol. The second kappa shape index (κ2) is 52.3. The maximum Gasteiger partial charge on any atom is 0.344 e. The van der Waals surface area contributed by atoms with E-state index in [1.54, 1.807) is 24.3 Å². The Morgan fingerprint density at radius 2 is 0.701 bits per heavy atom. The Hall–Kier alpha value is -4.09. The maximum absolute atomic E-state index is 10.0. The van der Waals surface area contributed by atoms with Gasteiger partial charge in [-0.25, -0.2) is 0 Å². The summed E-state index contributed by atoms with van der Waals surface area (Å²) in [5, 5.41) is 17.2. The van der Waals surface area contributed by atoms with E-state index in [4.69, 9.17) is 79.9 Å². The van der Waals surface area contributed by atoms with E-state index >= 15 is 0 Å². The van der Waals surface area contributed by atoms with Crippen molar-refractivity contribution in [3.8, 4) is 0 Å². The summed E-state index contributed by atoms with van der Waals surface area (Å²) >= 11 is 41.0. The summed E-state index contributed by atoms with van der Waals surface area (Å²) in [6.45, 7) is 20.9. The Bertz CT molecular complexity index is 3390. The summed E-state index contributed by atoms with van der Waals surface area (Å²) in [5.74, 6) is 0. The number of alkyl halides is 2. The first-order valence-electron chi connectivity index (χ1n) is 37.7. The van der Waals surface area contributed by atoms with Gasteiger partial charge in [0.05, 0.1) is 11.4 Å². The standard InChI is InChI=1S/2C23H29ClN2Si.C20H26N2.C10H12O.C7H6O.C3H5Cl3Si.CH2Cl2.BH.U/c2*1-2-17-27(24)25(18-20-11-5-3-6-12-20)22-15-9-10-16-23(22)26(27)19-21-13-7-4-8-14-21;1-3-9-17(10-4-1)15-21-19-13-7-8-14-20(19)22-16-18-11-5-2-6-12-18;1-2-6-10(11)9-7-4-3-5-8-9;8-6-7-4-2-1-3-5-7;1-2-3-7(4,5)6;2-1-3;;/h2*2-8,11-14,22-23H,1,9-10,15-19H2;1-6,9-12,19-22H,7-8,13-16H2;2-5,7-8,10-11H,1,6H2;1-6H;2H,1,3H2;1H2;1H;/t2*22-,23-;19-,20-;10-;;;;;/m1110...../s1/i;;;;;;;1D;. The molecule has 2 radical (unpaired) electrons.